The smallest absolute Gasteiger partial charge is 0.223 e. The van der Waals surface area contributed by atoms with Crippen LogP contribution in [0.15, 0.2) is 30.3 Å². The highest BCUT2D eigenvalue weighted by atomic mass is 16.2. The van der Waals surface area contributed by atoms with Gasteiger partial charge in [-0.15, -0.1) is 0 Å². The average molecular weight is 323 g/mol. The van der Waals surface area contributed by atoms with Gasteiger partial charge in [-0.25, -0.2) is 0 Å². The van der Waals surface area contributed by atoms with E-state index >= 15 is 0 Å². The molecule has 2 unspecified atom stereocenters. The van der Waals surface area contributed by atoms with E-state index in [1.165, 1.54) is 11.1 Å². The summed E-state index contributed by atoms with van der Waals surface area (Å²) < 4.78 is 0. The number of aromatic nitrogens is 2. The minimum atomic E-state index is 0.314. The van der Waals surface area contributed by atoms with Crippen molar-refractivity contribution in [3.8, 4) is 0 Å². The third kappa shape index (κ3) is 2.97. The summed E-state index contributed by atoms with van der Waals surface area (Å²) in [6.07, 6.45) is 5.08. The molecular weight excluding hydrogens is 298 g/mol. The average Bonchev–Trinajstić information content (AvgIpc) is 3.22. The number of nitrogens with zero attached hydrogens (tertiary/aromatic N) is 2. The van der Waals surface area contributed by atoms with Crippen molar-refractivity contribution < 1.29 is 4.79 Å². The van der Waals surface area contributed by atoms with E-state index < -0.39 is 0 Å². The molecule has 1 fully saturated rings. The Morgan fingerprint density at radius 2 is 2.21 bits per heavy atom. The molecule has 1 aliphatic heterocycles. The Hall–Kier alpha value is -2.10. The zero-order valence-electron chi connectivity index (χ0n) is 14.3. The summed E-state index contributed by atoms with van der Waals surface area (Å²) in [5.41, 5.74) is 5.02. The molecule has 0 saturated carbocycles. The molecule has 0 bridgehead atoms. The Kier molecular flexibility index (Phi) is 4.13. The van der Waals surface area contributed by atoms with Gasteiger partial charge in [-0.3, -0.25) is 9.89 Å². The van der Waals surface area contributed by atoms with Crippen molar-refractivity contribution in [2.24, 2.45) is 0 Å². The topological polar surface area (TPSA) is 49.0 Å². The number of rotatable bonds is 3. The Labute approximate surface area is 143 Å². The van der Waals surface area contributed by atoms with Crippen LogP contribution in [0, 0.1) is 6.92 Å². The number of benzene rings is 1. The molecule has 126 valence electrons. The van der Waals surface area contributed by atoms with Gasteiger partial charge in [0.05, 0.1) is 5.69 Å². The standard InChI is InChI=1S/C20H25N3O/c1-14-11-19(22-21-14)17-6-4-10-23(13-17)20(24)12-16-9-8-15-5-2-3-7-18(15)16/h2-3,5,7,11,16-17H,4,6,8-10,12-13H2,1H3,(H,21,22). The van der Waals surface area contributed by atoms with Crippen LogP contribution in [-0.2, 0) is 11.2 Å². The summed E-state index contributed by atoms with van der Waals surface area (Å²) in [7, 11) is 0. The first kappa shape index (κ1) is 15.4. The highest BCUT2D eigenvalue weighted by molar-refractivity contribution is 5.77. The highest BCUT2D eigenvalue weighted by Crippen LogP contribution is 2.36. The zero-order chi connectivity index (χ0) is 16.5. The van der Waals surface area contributed by atoms with Crippen LogP contribution in [0.2, 0.25) is 0 Å². The van der Waals surface area contributed by atoms with Crippen molar-refractivity contribution in [1.29, 1.82) is 0 Å². The van der Waals surface area contributed by atoms with Gasteiger partial charge in [0.2, 0.25) is 5.91 Å². The molecule has 1 aromatic heterocycles. The molecule has 2 heterocycles. The molecular formula is C20H25N3O. The van der Waals surface area contributed by atoms with Crippen LogP contribution < -0.4 is 0 Å². The maximum Gasteiger partial charge on any atom is 0.223 e. The normalized spacial score (nSPS) is 23.3. The fraction of sp³-hybridized carbons (Fsp3) is 0.500. The van der Waals surface area contributed by atoms with Gasteiger partial charge in [0.1, 0.15) is 0 Å². The number of likely N-dealkylation sites (tertiary alicyclic amines) is 1. The number of nitrogens with one attached hydrogen (secondary N) is 1. The molecule has 2 atom stereocenters. The summed E-state index contributed by atoms with van der Waals surface area (Å²) in [5, 5.41) is 7.43. The van der Waals surface area contributed by atoms with Crippen LogP contribution in [0.25, 0.3) is 0 Å². The van der Waals surface area contributed by atoms with Gasteiger partial charge in [0.25, 0.3) is 0 Å². The molecule has 24 heavy (non-hydrogen) atoms. The third-order valence-electron chi connectivity index (χ3n) is 5.60. The first-order chi connectivity index (χ1) is 11.7. The van der Waals surface area contributed by atoms with Crippen LogP contribution in [0.5, 0.6) is 0 Å². The van der Waals surface area contributed by atoms with Gasteiger partial charge in [-0.2, -0.15) is 5.10 Å². The van der Waals surface area contributed by atoms with Crippen molar-refractivity contribution in [1.82, 2.24) is 15.1 Å². The fourth-order valence-electron chi connectivity index (χ4n) is 4.29. The first-order valence-electron chi connectivity index (χ1n) is 9.08. The molecule has 4 nitrogen and oxygen atoms in total. The van der Waals surface area contributed by atoms with Crippen molar-refractivity contribution in [2.45, 2.75) is 50.9 Å². The Balaban J connectivity index is 1.41. The molecule has 2 aromatic rings. The molecule has 1 aromatic carbocycles. The van der Waals surface area contributed by atoms with E-state index in [-0.39, 0.29) is 0 Å². The van der Waals surface area contributed by atoms with Gasteiger partial charge < -0.3 is 4.90 Å². The van der Waals surface area contributed by atoms with Crippen LogP contribution in [0.3, 0.4) is 0 Å². The molecule has 0 spiro atoms. The SMILES string of the molecule is Cc1cc(C2CCCN(C(=O)CC3CCc4ccccc43)C2)n[nH]1. The first-order valence-corrected chi connectivity index (χ1v) is 9.08. The monoisotopic (exact) mass is 323 g/mol. The van der Waals surface area contributed by atoms with Gasteiger partial charge in [-0.1, -0.05) is 24.3 Å². The number of amides is 1. The lowest BCUT2D eigenvalue weighted by Gasteiger charge is -2.32. The number of hydrogen-bond acceptors (Lipinski definition) is 2. The van der Waals surface area contributed by atoms with E-state index in [4.69, 9.17) is 0 Å². The lowest BCUT2D eigenvalue weighted by molar-refractivity contribution is -0.132. The van der Waals surface area contributed by atoms with Gasteiger partial charge in [-0.05, 0) is 55.7 Å². The number of hydrogen-bond donors (Lipinski definition) is 1. The Bertz CT molecular complexity index is 736. The summed E-state index contributed by atoms with van der Waals surface area (Å²) in [6.45, 7) is 3.74. The van der Waals surface area contributed by atoms with Crippen LogP contribution in [0.1, 0.15) is 60.0 Å². The maximum atomic E-state index is 12.8. The van der Waals surface area contributed by atoms with Crippen molar-refractivity contribution >= 4 is 5.91 Å². The van der Waals surface area contributed by atoms with Crippen LogP contribution in [0.4, 0.5) is 0 Å². The summed E-state index contributed by atoms with van der Waals surface area (Å²) in [5.74, 6) is 1.10. The lowest BCUT2D eigenvalue weighted by Crippen LogP contribution is -2.39. The van der Waals surface area contributed by atoms with E-state index in [0.717, 1.165) is 50.2 Å². The fourth-order valence-corrected chi connectivity index (χ4v) is 4.29. The predicted molar refractivity (Wildman–Crippen MR) is 94.0 cm³/mol. The number of carbonyl (C=O) groups excluding carboxylic acids is 1. The molecule has 1 aliphatic carbocycles. The molecule has 2 aliphatic rings. The summed E-state index contributed by atoms with van der Waals surface area (Å²) in [6, 6.07) is 10.7. The molecule has 4 heteroatoms. The highest BCUT2D eigenvalue weighted by Gasteiger charge is 2.30. The number of H-pyrrole nitrogens is 1. The second-order valence-corrected chi connectivity index (χ2v) is 7.29. The number of aryl methyl sites for hydroxylation is 2. The Morgan fingerprint density at radius 1 is 1.33 bits per heavy atom. The van der Waals surface area contributed by atoms with Crippen molar-refractivity contribution in [3.05, 3.63) is 52.8 Å². The second kappa shape index (κ2) is 6.42. The largest absolute Gasteiger partial charge is 0.342 e. The second-order valence-electron chi connectivity index (χ2n) is 7.29. The molecule has 1 amide bonds. The van der Waals surface area contributed by atoms with E-state index in [9.17, 15) is 4.79 Å². The number of carbonyl (C=O) groups is 1. The summed E-state index contributed by atoms with van der Waals surface area (Å²) >= 11 is 0. The van der Waals surface area contributed by atoms with Crippen molar-refractivity contribution in [2.75, 3.05) is 13.1 Å². The molecule has 0 radical (unpaired) electrons. The molecule has 1 N–H and O–H groups in total. The number of aromatic amines is 1. The minimum absolute atomic E-state index is 0.314. The number of piperidine rings is 1. The van der Waals surface area contributed by atoms with E-state index in [0.29, 0.717) is 24.2 Å². The maximum absolute atomic E-state index is 12.8. The van der Waals surface area contributed by atoms with Gasteiger partial charge >= 0.3 is 0 Å². The van der Waals surface area contributed by atoms with E-state index in [1.54, 1.807) is 0 Å². The lowest BCUT2D eigenvalue weighted by atomic mass is 9.92. The van der Waals surface area contributed by atoms with Gasteiger partial charge in [0, 0.05) is 31.1 Å². The summed E-state index contributed by atoms with van der Waals surface area (Å²) in [4.78, 5) is 14.9. The van der Waals surface area contributed by atoms with Crippen LogP contribution in [-0.4, -0.2) is 34.1 Å². The zero-order valence-corrected chi connectivity index (χ0v) is 14.3. The molecule has 4 rings (SSSR count). The van der Waals surface area contributed by atoms with Gasteiger partial charge in [0.15, 0.2) is 0 Å². The third-order valence-corrected chi connectivity index (χ3v) is 5.60. The van der Waals surface area contributed by atoms with Crippen molar-refractivity contribution in [3.63, 3.8) is 0 Å². The predicted octanol–water partition coefficient (Wildman–Crippen LogP) is 3.54. The Morgan fingerprint density at radius 3 is 3.04 bits per heavy atom. The number of fused-ring (bicyclic) bond motifs is 1. The molecule has 1 saturated heterocycles. The quantitative estimate of drug-likeness (QED) is 0.939. The van der Waals surface area contributed by atoms with E-state index in [1.807, 2.05) is 6.92 Å². The minimum Gasteiger partial charge on any atom is -0.342 e. The van der Waals surface area contributed by atoms with E-state index in [2.05, 4.69) is 45.4 Å². The van der Waals surface area contributed by atoms with Crippen LogP contribution >= 0.6 is 0 Å².